The Bertz CT molecular complexity index is 957. The van der Waals surface area contributed by atoms with Crippen LogP contribution in [0.2, 0.25) is 0 Å². The van der Waals surface area contributed by atoms with Crippen LogP contribution in [-0.4, -0.2) is 54.9 Å². The third-order valence-electron chi connectivity index (χ3n) is 5.34. The summed E-state index contributed by atoms with van der Waals surface area (Å²) >= 11 is 0. The van der Waals surface area contributed by atoms with Crippen LogP contribution < -0.4 is 4.74 Å². The summed E-state index contributed by atoms with van der Waals surface area (Å²) in [4.78, 5) is 19.4. The molecule has 2 aliphatic heterocycles. The maximum Gasteiger partial charge on any atom is 0.255 e. The van der Waals surface area contributed by atoms with E-state index < -0.39 is 15.4 Å². The molecule has 0 N–H and O–H groups in total. The Morgan fingerprint density at radius 3 is 2.76 bits per heavy atom. The molecule has 1 aromatic carbocycles. The molecular formula is C18H20N2O4S. The highest BCUT2D eigenvalue weighted by molar-refractivity contribution is 7.91. The smallest absolute Gasteiger partial charge is 0.255 e. The lowest BCUT2D eigenvalue weighted by Gasteiger charge is -2.54. The minimum absolute atomic E-state index is 0.0753. The first-order valence-corrected chi connectivity index (χ1v) is 10.2. The zero-order valence-corrected chi connectivity index (χ0v) is 14.9. The van der Waals surface area contributed by atoms with Crippen LogP contribution in [0.1, 0.15) is 29.6 Å². The molecule has 7 heteroatoms. The first-order chi connectivity index (χ1) is 11.9. The second-order valence-electron chi connectivity index (χ2n) is 6.86. The van der Waals surface area contributed by atoms with Crippen LogP contribution in [0.4, 0.5) is 0 Å². The maximum atomic E-state index is 13.2. The molecule has 3 heterocycles. The molecule has 0 saturated carbocycles. The number of fused-ring (bicyclic) bond motifs is 1. The van der Waals surface area contributed by atoms with Crippen molar-refractivity contribution < 1.29 is 17.9 Å². The molecule has 0 radical (unpaired) electrons. The van der Waals surface area contributed by atoms with E-state index in [1.807, 2.05) is 24.3 Å². The van der Waals surface area contributed by atoms with Gasteiger partial charge in [0.25, 0.3) is 5.91 Å². The van der Waals surface area contributed by atoms with Crippen molar-refractivity contribution in [2.45, 2.75) is 24.8 Å². The Balaban J connectivity index is 1.75. The van der Waals surface area contributed by atoms with Crippen molar-refractivity contribution >= 4 is 26.6 Å². The van der Waals surface area contributed by atoms with Crippen molar-refractivity contribution in [3.63, 3.8) is 0 Å². The number of pyridine rings is 1. The van der Waals surface area contributed by atoms with Crippen LogP contribution in [0.15, 0.2) is 30.3 Å². The summed E-state index contributed by atoms with van der Waals surface area (Å²) < 4.78 is 29.5. The number of para-hydroxylation sites is 1. The maximum absolute atomic E-state index is 13.2. The summed E-state index contributed by atoms with van der Waals surface area (Å²) in [7, 11) is -1.57. The first-order valence-electron chi connectivity index (χ1n) is 8.40. The first kappa shape index (κ1) is 16.3. The molecular weight excluding hydrogens is 340 g/mol. The molecule has 1 aromatic heterocycles. The number of hydrogen-bond donors (Lipinski definition) is 0. The van der Waals surface area contributed by atoms with Gasteiger partial charge >= 0.3 is 0 Å². The van der Waals surface area contributed by atoms with Gasteiger partial charge in [0.2, 0.25) is 5.88 Å². The Morgan fingerprint density at radius 1 is 1.28 bits per heavy atom. The Hall–Kier alpha value is -2.15. The summed E-state index contributed by atoms with van der Waals surface area (Å²) in [6.45, 7) is 0.591. The summed E-state index contributed by atoms with van der Waals surface area (Å²) in [6, 6.07) is 9.07. The van der Waals surface area contributed by atoms with Gasteiger partial charge in [-0.25, -0.2) is 13.4 Å². The number of aromatic nitrogens is 1. The van der Waals surface area contributed by atoms with Crippen LogP contribution in [0.25, 0.3) is 10.9 Å². The topological polar surface area (TPSA) is 76.6 Å². The fraction of sp³-hybridized carbons (Fsp3) is 0.444. The highest BCUT2D eigenvalue weighted by atomic mass is 32.2. The SMILES string of the molecule is COc1cc(C(=O)N2CCC23CCCS(=O)(=O)C3)c2ccccc2n1. The predicted octanol–water partition coefficient (Wildman–Crippen LogP) is 2.04. The van der Waals surface area contributed by atoms with Crippen molar-refractivity contribution in [1.82, 2.24) is 9.88 Å². The average molecular weight is 360 g/mol. The lowest BCUT2D eigenvalue weighted by atomic mass is 9.81. The molecule has 132 valence electrons. The third kappa shape index (κ3) is 2.66. The van der Waals surface area contributed by atoms with Crippen molar-refractivity contribution in [2.24, 2.45) is 0 Å². The minimum atomic E-state index is -3.09. The Labute approximate surface area is 146 Å². The van der Waals surface area contributed by atoms with Crippen molar-refractivity contribution in [3.05, 3.63) is 35.9 Å². The third-order valence-corrected chi connectivity index (χ3v) is 7.22. The highest BCUT2D eigenvalue weighted by Crippen LogP contribution is 2.41. The Kier molecular flexibility index (Phi) is 3.72. The van der Waals surface area contributed by atoms with Crippen LogP contribution in [0.5, 0.6) is 5.88 Å². The molecule has 1 amide bonds. The van der Waals surface area contributed by atoms with E-state index in [-0.39, 0.29) is 17.4 Å². The van der Waals surface area contributed by atoms with Crippen molar-refractivity contribution in [1.29, 1.82) is 0 Å². The molecule has 1 unspecified atom stereocenters. The molecule has 6 nitrogen and oxygen atoms in total. The summed E-state index contributed by atoms with van der Waals surface area (Å²) in [6.07, 6.45) is 2.11. The number of ether oxygens (including phenoxy) is 1. The van der Waals surface area contributed by atoms with Gasteiger partial charge in [-0.3, -0.25) is 4.79 Å². The minimum Gasteiger partial charge on any atom is -0.481 e. The van der Waals surface area contributed by atoms with Gasteiger partial charge in [0.05, 0.1) is 35.2 Å². The van der Waals surface area contributed by atoms with E-state index in [0.717, 1.165) is 18.2 Å². The fourth-order valence-electron chi connectivity index (χ4n) is 4.02. The Morgan fingerprint density at radius 2 is 2.08 bits per heavy atom. The number of carbonyl (C=O) groups is 1. The average Bonchev–Trinajstić information content (AvgIpc) is 2.58. The summed E-state index contributed by atoms with van der Waals surface area (Å²) in [5.41, 5.74) is 0.673. The number of amides is 1. The van der Waals surface area contributed by atoms with Crippen molar-refractivity contribution in [2.75, 3.05) is 25.2 Å². The monoisotopic (exact) mass is 360 g/mol. The van der Waals surface area contributed by atoms with E-state index in [0.29, 0.717) is 29.9 Å². The lowest BCUT2D eigenvalue weighted by Crippen LogP contribution is -2.66. The number of rotatable bonds is 2. The standard InChI is InChI=1S/C18H20N2O4S/c1-24-16-11-14(13-5-2-3-6-15(13)19-16)17(21)20-9-8-18(20)7-4-10-25(22,23)12-18/h2-3,5-6,11H,4,7-10,12H2,1H3. The van der Waals surface area contributed by atoms with E-state index >= 15 is 0 Å². The summed E-state index contributed by atoms with van der Waals surface area (Å²) in [5, 5.41) is 0.758. The number of nitrogens with zero attached hydrogens (tertiary/aromatic N) is 2. The van der Waals surface area contributed by atoms with Gasteiger partial charge in [0, 0.05) is 18.0 Å². The molecule has 1 atom stereocenters. The van der Waals surface area contributed by atoms with E-state index in [9.17, 15) is 13.2 Å². The second-order valence-corrected chi connectivity index (χ2v) is 9.04. The van der Waals surface area contributed by atoms with Crippen LogP contribution in [0.3, 0.4) is 0 Å². The molecule has 2 aromatic rings. The highest BCUT2D eigenvalue weighted by Gasteiger charge is 2.51. The van der Waals surface area contributed by atoms with Gasteiger partial charge in [0.15, 0.2) is 9.84 Å². The molecule has 2 saturated heterocycles. The van der Waals surface area contributed by atoms with Gasteiger partial charge in [0.1, 0.15) is 0 Å². The molecule has 2 fully saturated rings. The van der Waals surface area contributed by atoms with Gasteiger partial charge < -0.3 is 9.64 Å². The number of methoxy groups -OCH3 is 1. The van der Waals surface area contributed by atoms with E-state index in [1.54, 1.807) is 11.0 Å². The number of likely N-dealkylation sites (tertiary alicyclic amines) is 1. The molecule has 25 heavy (non-hydrogen) atoms. The van der Waals surface area contributed by atoms with Gasteiger partial charge in [-0.05, 0) is 25.3 Å². The molecule has 4 rings (SSSR count). The van der Waals surface area contributed by atoms with E-state index in [1.165, 1.54) is 7.11 Å². The second kappa shape index (κ2) is 5.69. The number of benzene rings is 1. The molecule has 0 bridgehead atoms. The largest absolute Gasteiger partial charge is 0.481 e. The molecule has 2 aliphatic rings. The van der Waals surface area contributed by atoms with Gasteiger partial charge in [-0.2, -0.15) is 0 Å². The molecule has 1 spiro atoms. The van der Waals surface area contributed by atoms with E-state index in [4.69, 9.17) is 4.74 Å². The normalized spacial score (nSPS) is 24.9. The number of carbonyl (C=O) groups excluding carboxylic acids is 1. The van der Waals surface area contributed by atoms with Crippen LogP contribution in [0, 0.1) is 0 Å². The van der Waals surface area contributed by atoms with Gasteiger partial charge in [-0.1, -0.05) is 18.2 Å². The quantitative estimate of drug-likeness (QED) is 0.819. The number of hydrogen-bond acceptors (Lipinski definition) is 5. The van der Waals surface area contributed by atoms with E-state index in [2.05, 4.69) is 4.98 Å². The summed E-state index contributed by atoms with van der Waals surface area (Å²) in [5.74, 6) is 0.544. The molecule has 0 aliphatic carbocycles. The fourth-order valence-corrected chi connectivity index (χ4v) is 6.01. The van der Waals surface area contributed by atoms with Crippen LogP contribution >= 0.6 is 0 Å². The van der Waals surface area contributed by atoms with Crippen LogP contribution in [-0.2, 0) is 9.84 Å². The number of sulfone groups is 1. The van der Waals surface area contributed by atoms with Gasteiger partial charge in [-0.15, -0.1) is 0 Å². The zero-order chi connectivity index (χ0) is 17.7. The van der Waals surface area contributed by atoms with Crippen molar-refractivity contribution in [3.8, 4) is 5.88 Å². The lowest BCUT2D eigenvalue weighted by molar-refractivity contribution is 0.00245. The predicted molar refractivity (Wildman–Crippen MR) is 94.6 cm³/mol. The zero-order valence-electron chi connectivity index (χ0n) is 14.1.